The maximum absolute atomic E-state index is 10.4. The molecule has 19 heavy (non-hydrogen) atoms. The van der Waals surface area contributed by atoms with Gasteiger partial charge in [0.05, 0.1) is 39.9 Å². The molecule has 0 unspecified atom stereocenters. The second-order valence-electron chi connectivity index (χ2n) is 2.94. The van der Waals surface area contributed by atoms with Crippen molar-refractivity contribution >= 4 is 53.4 Å². The molecule has 0 rings (SSSR count). The fourth-order valence-electron chi connectivity index (χ4n) is 0.622. The normalized spacial score (nSPS) is 8.11. The summed E-state index contributed by atoms with van der Waals surface area (Å²) < 4.78 is 8.60. The Balaban J connectivity index is -0.000000262. The molecule has 0 fully saturated rings. The van der Waals surface area contributed by atoms with Gasteiger partial charge in [-0.05, 0) is 0 Å². The molecule has 0 aromatic carbocycles. The molecule has 8 nitrogen and oxygen atoms in total. The molecule has 0 aliphatic rings. The zero-order valence-electron chi connectivity index (χ0n) is 10.2. The Morgan fingerprint density at radius 2 is 1.00 bits per heavy atom. The van der Waals surface area contributed by atoms with Gasteiger partial charge in [0.2, 0.25) is 0 Å². The molecule has 0 saturated carbocycles. The maximum atomic E-state index is 10.4. The number of carboxylic acid groups (broad SMARTS) is 2. The summed E-state index contributed by atoms with van der Waals surface area (Å²) in [5, 5.41) is 15.8. The Morgan fingerprint density at radius 3 is 1.16 bits per heavy atom. The molecule has 0 aliphatic carbocycles. The Bertz CT molecular complexity index is 272. The van der Waals surface area contributed by atoms with Gasteiger partial charge in [0, 0.05) is 0 Å². The van der Waals surface area contributed by atoms with Gasteiger partial charge in [-0.15, -0.1) is 0 Å². The van der Waals surface area contributed by atoms with E-state index < -0.39 is 23.9 Å². The second-order valence-corrected chi connectivity index (χ2v) is 2.94. The molecular weight excluding hydrogens is 271 g/mol. The molecular formula is C10H17NaO8. The van der Waals surface area contributed by atoms with E-state index in [0.29, 0.717) is 0 Å². The summed E-state index contributed by atoms with van der Waals surface area (Å²) in [6, 6.07) is 0. The van der Waals surface area contributed by atoms with Gasteiger partial charge >= 0.3 is 53.4 Å². The Labute approximate surface area is 132 Å². The van der Waals surface area contributed by atoms with Gasteiger partial charge in [-0.3, -0.25) is 19.2 Å². The van der Waals surface area contributed by atoms with E-state index >= 15 is 0 Å². The monoisotopic (exact) mass is 288 g/mol. The van der Waals surface area contributed by atoms with Crippen LogP contribution >= 0.6 is 0 Å². The van der Waals surface area contributed by atoms with E-state index in [1.807, 2.05) is 0 Å². The fraction of sp³-hybridized carbons (Fsp3) is 0.600. The number of carbonyl (C=O) groups excluding carboxylic acids is 2. The average molecular weight is 288 g/mol. The number of aliphatic carboxylic acids is 2. The zero-order valence-corrected chi connectivity index (χ0v) is 10.2. The Morgan fingerprint density at radius 1 is 0.737 bits per heavy atom. The van der Waals surface area contributed by atoms with Crippen molar-refractivity contribution in [3.63, 3.8) is 0 Å². The van der Waals surface area contributed by atoms with Crippen molar-refractivity contribution in [1.29, 1.82) is 0 Å². The van der Waals surface area contributed by atoms with Crippen LogP contribution in [0.1, 0.15) is 25.7 Å². The van der Waals surface area contributed by atoms with Crippen molar-refractivity contribution in [2.24, 2.45) is 0 Å². The molecule has 0 atom stereocenters. The quantitative estimate of drug-likeness (QED) is 0.490. The van der Waals surface area contributed by atoms with Gasteiger partial charge in [-0.25, -0.2) is 0 Å². The minimum absolute atomic E-state index is 0. The first-order valence-corrected chi connectivity index (χ1v) is 4.90. The molecule has 0 aliphatic heterocycles. The molecule has 0 spiro atoms. The van der Waals surface area contributed by atoms with Crippen LogP contribution in [-0.4, -0.2) is 77.9 Å². The Hall–Kier alpha value is -1.12. The van der Waals surface area contributed by atoms with E-state index in [-0.39, 0.29) is 55.2 Å². The summed E-state index contributed by atoms with van der Waals surface area (Å²) in [5.41, 5.74) is 0. The number of esters is 2. The van der Waals surface area contributed by atoms with Crippen molar-refractivity contribution < 1.29 is 38.9 Å². The standard InChI is InChI=1S/C6H10O4.C4H6O4.Na.H/c1-9-5(7)3-4-6(8)10-2;5-3(6)1-2-4(7)8;;/h3-4H2,1-2H3;1-2H2,(H,5,6)(H,7,8);;. The van der Waals surface area contributed by atoms with Crippen LogP contribution in [0, 0.1) is 0 Å². The summed E-state index contributed by atoms with van der Waals surface area (Å²) in [5.74, 6) is -2.95. The third-order valence-electron chi connectivity index (χ3n) is 1.54. The van der Waals surface area contributed by atoms with E-state index in [0.717, 1.165) is 0 Å². The van der Waals surface area contributed by atoms with E-state index in [1.54, 1.807) is 0 Å². The molecule has 106 valence electrons. The second kappa shape index (κ2) is 14.9. The van der Waals surface area contributed by atoms with Crippen LogP contribution in [-0.2, 0) is 28.7 Å². The summed E-state index contributed by atoms with van der Waals surface area (Å²) in [4.78, 5) is 40.1. The van der Waals surface area contributed by atoms with E-state index in [1.165, 1.54) is 14.2 Å². The molecule has 0 heterocycles. The van der Waals surface area contributed by atoms with Crippen molar-refractivity contribution in [1.82, 2.24) is 0 Å². The topological polar surface area (TPSA) is 127 Å². The molecule has 0 aromatic heterocycles. The third-order valence-corrected chi connectivity index (χ3v) is 1.54. The van der Waals surface area contributed by atoms with E-state index in [9.17, 15) is 19.2 Å². The van der Waals surface area contributed by atoms with Gasteiger partial charge in [-0.2, -0.15) is 0 Å². The first-order valence-electron chi connectivity index (χ1n) is 4.90. The number of rotatable bonds is 6. The molecule has 0 amide bonds. The minimum atomic E-state index is -1.08. The molecule has 2 N–H and O–H groups in total. The third kappa shape index (κ3) is 22.5. The average Bonchev–Trinajstić information content (AvgIpc) is 2.33. The summed E-state index contributed by atoms with van der Waals surface area (Å²) in [7, 11) is 2.55. The van der Waals surface area contributed by atoms with Crippen molar-refractivity contribution in [2.75, 3.05) is 14.2 Å². The van der Waals surface area contributed by atoms with Gasteiger partial charge in [0.15, 0.2) is 0 Å². The van der Waals surface area contributed by atoms with Gasteiger partial charge in [0.1, 0.15) is 0 Å². The Kier molecular flexibility index (Phi) is 18.1. The van der Waals surface area contributed by atoms with Gasteiger partial charge in [-0.1, -0.05) is 0 Å². The number of hydrogen-bond donors (Lipinski definition) is 2. The van der Waals surface area contributed by atoms with Crippen molar-refractivity contribution in [3.05, 3.63) is 0 Å². The number of hydrogen-bond acceptors (Lipinski definition) is 6. The van der Waals surface area contributed by atoms with Crippen LogP contribution in [0.2, 0.25) is 0 Å². The van der Waals surface area contributed by atoms with E-state index in [4.69, 9.17) is 10.2 Å². The summed E-state index contributed by atoms with van der Waals surface area (Å²) >= 11 is 0. The fourth-order valence-corrected chi connectivity index (χ4v) is 0.622. The first-order chi connectivity index (χ1) is 8.33. The predicted octanol–water partition coefficient (Wildman–Crippen LogP) is -0.600. The van der Waals surface area contributed by atoms with Crippen molar-refractivity contribution in [2.45, 2.75) is 25.7 Å². The number of ether oxygens (including phenoxy) is 2. The summed E-state index contributed by atoms with van der Waals surface area (Å²) in [6.07, 6.45) is -0.420. The number of carboxylic acids is 2. The molecule has 0 saturated heterocycles. The van der Waals surface area contributed by atoms with Crippen LogP contribution in [0.5, 0.6) is 0 Å². The van der Waals surface area contributed by atoms with Crippen LogP contribution in [0.25, 0.3) is 0 Å². The predicted molar refractivity (Wildman–Crippen MR) is 64.9 cm³/mol. The van der Waals surface area contributed by atoms with Gasteiger partial charge in [0.25, 0.3) is 0 Å². The zero-order chi connectivity index (χ0) is 14.6. The molecule has 0 radical (unpaired) electrons. The SMILES string of the molecule is COC(=O)CCC(=O)OC.O=C(O)CCC(=O)O.[NaH]. The molecule has 9 heteroatoms. The molecule has 0 aromatic rings. The van der Waals surface area contributed by atoms with E-state index in [2.05, 4.69) is 9.47 Å². The number of carbonyl (C=O) groups is 4. The van der Waals surface area contributed by atoms with Crippen molar-refractivity contribution in [3.8, 4) is 0 Å². The summed E-state index contributed by atoms with van der Waals surface area (Å²) in [6.45, 7) is 0. The molecule has 0 bridgehead atoms. The van der Waals surface area contributed by atoms with Gasteiger partial charge < -0.3 is 19.7 Å². The van der Waals surface area contributed by atoms with Crippen LogP contribution in [0.15, 0.2) is 0 Å². The number of methoxy groups -OCH3 is 2. The first kappa shape index (κ1) is 23.0. The van der Waals surface area contributed by atoms with Crippen LogP contribution < -0.4 is 0 Å². The van der Waals surface area contributed by atoms with Crippen LogP contribution in [0.3, 0.4) is 0 Å². The van der Waals surface area contributed by atoms with Crippen LogP contribution in [0.4, 0.5) is 0 Å².